The number of carbonyl (C=O) groups excluding carboxylic acids is 2. The monoisotopic (exact) mass is 403 g/mol. The van der Waals surface area contributed by atoms with E-state index in [-0.39, 0.29) is 11.5 Å². The second-order valence-electron chi connectivity index (χ2n) is 7.56. The molecule has 28 heavy (non-hydrogen) atoms. The van der Waals surface area contributed by atoms with Gasteiger partial charge in [0.1, 0.15) is 0 Å². The molecule has 1 aliphatic rings. The third-order valence-corrected chi connectivity index (χ3v) is 6.69. The van der Waals surface area contributed by atoms with Crippen molar-refractivity contribution in [3.63, 3.8) is 0 Å². The van der Waals surface area contributed by atoms with Gasteiger partial charge in [0.15, 0.2) is 10.9 Å². The summed E-state index contributed by atoms with van der Waals surface area (Å²) in [6, 6.07) is 0.480. The minimum Gasteiger partial charge on any atom is -0.465 e. The smallest absolute Gasteiger partial charge is 0.339 e. The minimum atomic E-state index is -0.419. The van der Waals surface area contributed by atoms with Crippen LogP contribution in [0.5, 0.6) is 0 Å². The molecule has 0 unspecified atom stereocenters. The quantitative estimate of drug-likeness (QED) is 0.429. The Labute approximate surface area is 170 Å². The Morgan fingerprint density at radius 3 is 2.50 bits per heavy atom. The SMILES string of the molecule is COC(=O)c1c(C)[nH]c(C(=O)CSc2nc(C)c(C)n2C2CCCCC2)c1C. The maximum absolute atomic E-state index is 12.9. The van der Waals surface area contributed by atoms with Crippen LogP contribution in [-0.4, -0.2) is 39.2 Å². The number of carbonyl (C=O) groups is 2. The number of ether oxygens (including phenoxy) is 1. The Hall–Kier alpha value is -2.02. The number of Topliss-reactive ketones (excluding diaryl/α,β-unsaturated/α-hetero) is 1. The van der Waals surface area contributed by atoms with E-state index in [1.807, 2.05) is 6.92 Å². The number of aromatic amines is 1. The van der Waals surface area contributed by atoms with Crippen LogP contribution < -0.4 is 0 Å². The molecule has 0 bridgehead atoms. The summed E-state index contributed by atoms with van der Waals surface area (Å²) in [7, 11) is 1.35. The largest absolute Gasteiger partial charge is 0.465 e. The van der Waals surface area contributed by atoms with Gasteiger partial charge >= 0.3 is 5.97 Å². The van der Waals surface area contributed by atoms with Crippen molar-refractivity contribution in [2.24, 2.45) is 0 Å². The Morgan fingerprint density at radius 2 is 1.86 bits per heavy atom. The molecule has 2 aromatic heterocycles. The predicted octanol–water partition coefficient (Wildman–Crippen LogP) is 4.71. The number of imidazole rings is 1. The van der Waals surface area contributed by atoms with Gasteiger partial charge in [-0.15, -0.1) is 0 Å². The van der Waals surface area contributed by atoms with Crippen LogP contribution in [0.25, 0.3) is 0 Å². The molecule has 0 saturated heterocycles. The lowest BCUT2D eigenvalue weighted by atomic mass is 9.95. The van der Waals surface area contributed by atoms with Crippen LogP contribution in [-0.2, 0) is 4.74 Å². The van der Waals surface area contributed by atoms with Crippen molar-refractivity contribution < 1.29 is 14.3 Å². The molecule has 152 valence electrons. The number of methoxy groups -OCH3 is 1. The first-order valence-corrected chi connectivity index (χ1v) is 10.8. The van der Waals surface area contributed by atoms with Gasteiger partial charge in [-0.25, -0.2) is 9.78 Å². The van der Waals surface area contributed by atoms with Crippen LogP contribution in [0.15, 0.2) is 5.16 Å². The van der Waals surface area contributed by atoms with Crippen molar-refractivity contribution in [1.82, 2.24) is 14.5 Å². The average molecular weight is 404 g/mol. The highest BCUT2D eigenvalue weighted by Gasteiger charge is 2.25. The van der Waals surface area contributed by atoms with Crippen LogP contribution >= 0.6 is 11.8 Å². The lowest BCUT2D eigenvalue weighted by Crippen LogP contribution is -2.16. The molecular weight excluding hydrogens is 374 g/mol. The number of H-pyrrole nitrogens is 1. The average Bonchev–Trinajstić information content (AvgIpc) is 3.15. The summed E-state index contributed by atoms with van der Waals surface area (Å²) in [6.45, 7) is 7.71. The summed E-state index contributed by atoms with van der Waals surface area (Å²) < 4.78 is 7.16. The molecular formula is C21H29N3O3S. The molecule has 6 nitrogen and oxygen atoms in total. The number of aryl methyl sites for hydroxylation is 2. The highest BCUT2D eigenvalue weighted by Crippen LogP contribution is 2.34. The number of nitrogens with one attached hydrogen (secondary N) is 1. The van der Waals surface area contributed by atoms with Gasteiger partial charge in [-0.3, -0.25) is 4.79 Å². The van der Waals surface area contributed by atoms with Crippen LogP contribution in [0.3, 0.4) is 0 Å². The number of esters is 1. The van der Waals surface area contributed by atoms with Crippen molar-refractivity contribution in [1.29, 1.82) is 0 Å². The maximum Gasteiger partial charge on any atom is 0.339 e. The summed E-state index contributed by atoms with van der Waals surface area (Å²) in [5.74, 6) is -0.171. The molecule has 2 heterocycles. The zero-order chi connectivity index (χ0) is 20.4. The number of thioether (sulfide) groups is 1. The number of ketones is 1. The Kier molecular flexibility index (Phi) is 6.33. The standard InChI is InChI=1S/C21H29N3O3S/c1-12-18(20(26)27-5)14(3)22-19(12)17(25)11-28-21-23-13(2)15(4)24(21)16-9-7-6-8-10-16/h16,22H,6-11H2,1-5H3. The number of nitrogens with zero attached hydrogens (tertiary/aromatic N) is 2. The highest BCUT2D eigenvalue weighted by atomic mass is 32.2. The van der Waals surface area contributed by atoms with Crippen LogP contribution in [0, 0.1) is 27.7 Å². The Morgan fingerprint density at radius 1 is 1.18 bits per heavy atom. The molecule has 3 rings (SSSR count). The molecule has 1 aliphatic carbocycles. The summed E-state index contributed by atoms with van der Waals surface area (Å²) in [6.07, 6.45) is 6.16. The van der Waals surface area contributed by atoms with Gasteiger partial charge in [0.2, 0.25) is 0 Å². The number of hydrogen-bond donors (Lipinski definition) is 1. The first kappa shape index (κ1) is 20.7. The first-order chi connectivity index (χ1) is 13.3. The molecule has 1 N–H and O–H groups in total. The van der Waals surface area contributed by atoms with Crippen LogP contribution in [0.2, 0.25) is 0 Å². The van der Waals surface area contributed by atoms with Crippen LogP contribution in [0.1, 0.15) is 81.6 Å². The second kappa shape index (κ2) is 8.55. The zero-order valence-electron chi connectivity index (χ0n) is 17.3. The molecule has 0 atom stereocenters. The van der Waals surface area contributed by atoms with Crippen molar-refractivity contribution in [2.75, 3.05) is 12.9 Å². The number of hydrogen-bond acceptors (Lipinski definition) is 5. The van der Waals surface area contributed by atoms with E-state index in [1.54, 1.807) is 13.8 Å². The summed E-state index contributed by atoms with van der Waals surface area (Å²) in [5.41, 5.74) is 4.47. The van der Waals surface area contributed by atoms with E-state index >= 15 is 0 Å². The minimum absolute atomic E-state index is 0.0331. The van der Waals surface area contributed by atoms with E-state index < -0.39 is 5.97 Å². The summed E-state index contributed by atoms with van der Waals surface area (Å²) in [5, 5.41) is 0.921. The first-order valence-electron chi connectivity index (χ1n) is 9.84. The van der Waals surface area contributed by atoms with E-state index in [0.717, 1.165) is 10.9 Å². The molecule has 0 amide bonds. The van der Waals surface area contributed by atoms with Gasteiger partial charge in [0.25, 0.3) is 0 Å². The van der Waals surface area contributed by atoms with E-state index in [0.29, 0.717) is 28.6 Å². The fraction of sp³-hybridized carbons (Fsp3) is 0.571. The topological polar surface area (TPSA) is 77.0 Å². The number of rotatable bonds is 6. The second-order valence-corrected chi connectivity index (χ2v) is 8.50. The lowest BCUT2D eigenvalue weighted by molar-refractivity contribution is 0.0599. The van der Waals surface area contributed by atoms with Crippen molar-refractivity contribution in [3.05, 3.63) is 33.9 Å². The normalized spacial score (nSPS) is 15.0. The molecule has 0 spiro atoms. The van der Waals surface area contributed by atoms with Gasteiger partial charge in [0.05, 0.1) is 29.8 Å². The van der Waals surface area contributed by atoms with E-state index in [9.17, 15) is 9.59 Å². The fourth-order valence-corrected chi connectivity index (χ4v) is 5.14. The van der Waals surface area contributed by atoms with Crippen molar-refractivity contribution >= 4 is 23.5 Å². The predicted molar refractivity (Wildman–Crippen MR) is 110 cm³/mol. The fourth-order valence-electron chi connectivity index (χ4n) is 4.11. The van der Waals surface area contributed by atoms with E-state index in [1.165, 1.54) is 56.7 Å². The van der Waals surface area contributed by atoms with Gasteiger partial charge in [-0.2, -0.15) is 0 Å². The zero-order valence-corrected chi connectivity index (χ0v) is 18.2. The van der Waals surface area contributed by atoms with Gasteiger partial charge in [0, 0.05) is 17.4 Å². The number of aromatic nitrogens is 3. The summed E-state index contributed by atoms with van der Waals surface area (Å²) >= 11 is 1.48. The van der Waals surface area contributed by atoms with Gasteiger partial charge in [-0.05, 0) is 46.1 Å². The van der Waals surface area contributed by atoms with Gasteiger partial charge < -0.3 is 14.3 Å². The molecule has 0 aromatic carbocycles. The van der Waals surface area contributed by atoms with Gasteiger partial charge in [-0.1, -0.05) is 31.0 Å². The van der Waals surface area contributed by atoms with Crippen molar-refractivity contribution in [2.45, 2.75) is 71.0 Å². The van der Waals surface area contributed by atoms with E-state index in [2.05, 4.69) is 16.5 Å². The molecule has 0 aliphatic heterocycles. The molecule has 0 radical (unpaired) electrons. The maximum atomic E-state index is 12.9. The summed E-state index contributed by atoms with van der Waals surface area (Å²) in [4.78, 5) is 32.6. The molecule has 7 heteroatoms. The molecule has 2 aromatic rings. The van der Waals surface area contributed by atoms with E-state index in [4.69, 9.17) is 9.72 Å². The Balaban J connectivity index is 1.79. The Bertz CT molecular complexity index is 891. The van der Waals surface area contributed by atoms with Crippen LogP contribution in [0.4, 0.5) is 0 Å². The molecule has 1 saturated carbocycles. The third kappa shape index (κ3) is 3.90. The third-order valence-electron chi connectivity index (χ3n) is 5.73. The molecule has 1 fully saturated rings. The van der Waals surface area contributed by atoms with Crippen molar-refractivity contribution in [3.8, 4) is 0 Å². The lowest BCUT2D eigenvalue weighted by Gasteiger charge is -2.26. The highest BCUT2D eigenvalue weighted by molar-refractivity contribution is 7.99.